The van der Waals surface area contributed by atoms with Crippen LogP contribution in [-0.4, -0.2) is 13.7 Å². The number of benzene rings is 10. The SMILES string of the molecule is c1ccc2c(c1)c1ccccc1n2-c1ccc2ccc3c(-n4c5ccccc5c5ccccc54)cc(-n4c5ccccc5c5ccccc54)c4ccc1c2c34. The van der Waals surface area contributed by atoms with Gasteiger partial charge in [0.05, 0.1) is 50.2 Å². The zero-order chi connectivity index (χ0) is 35.8. The smallest absolute Gasteiger partial charge is 0.0562 e. The summed E-state index contributed by atoms with van der Waals surface area (Å²) in [6, 6.07) is 69.6. The lowest BCUT2D eigenvalue weighted by Gasteiger charge is -2.22. The van der Waals surface area contributed by atoms with Gasteiger partial charge in [0, 0.05) is 53.9 Å². The molecule has 0 saturated carbocycles. The van der Waals surface area contributed by atoms with E-state index in [0.717, 1.165) is 0 Å². The molecule has 3 heteroatoms. The summed E-state index contributed by atoms with van der Waals surface area (Å²) in [7, 11) is 0. The number of hydrogen-bond donors (Lipinski definition) is 0. The van der Waals surface area contributed by atoms with Gasteiger partial charge in [-0.1, -0.05) is 140 Å². The Morgan fingerprint density at radius 1 is 0.218 bits per heavy atom. The minimum Gasteiger partial charge on any atom is -0.309 e. The van der Waals surface area contributed by atoms with Crippen LogP contribution in [0.25, 0.3) is 115 Å². The minimum absolute atomic E-state index is 1.18. The largest absolute Gasteiger partial charge is 0.309 e. The molecular weight excluding hydrogens is 667 g/mol. The van der Waals surface area contributed by atoms with Gasteiger partial charge < -0.3 is 13.7 Å². The molecule has 0 aliphatic rings. The summed E-state index contributed by atoms with van der Waals surface area (Å²) in [6.45, 7) is 0. The van der Waals surface area contributed by atoms with Crippen molar-refractivity contribution in [3.63, 3.8) is 0 Å². The van der Waals surface area contributed by atoms with Gasteiger partial charge in [-0.05, 0) is 59.3 Å². The van der Waals surface area contributed by atoms with Crippen molar-refractivity contribution < 1.29 is 0 Å². The maximum atomic E-state index is 2.50. The van der Waals surface area contributed by atoms with Gasteiger partial charge in [-0.3, -0.25) is 0 Å². The van der Waals surface area contributed by atoms with Crippen LogP contribution in [0.1, 0.15) is 0 Å². The Kier molecular flexibility index (Phi) is 5.63. The third-order valence-corrected chi connectivity index (χ3v) is 12.2. The molecule has 0 radical (unpaired) electrons. The number of hydrogen-bond acceptors (Lipinski definition) is 0. The first-order chi connectivity index (χ1) is 27.3. The van der Waals surface area contributed by atoms with E-state index in [1.54, 1.807) is 0 Å². The van der Waals surface area contributed by atoms with Crippen LogP contribution in [0.4, 0.5) is 0 Å². The maximum Gasteiger partial charge on any atom is 0.0562 e. The predicted molar refractivity (Wildman–Crippen MR) is 233 cm³/mol. The van der Waals surface area contributed by atoms with E-state index < -0.39 is 0 Å². The first-order valence-corrected chi connectivity index (χ1v) is 19.0. The van der Waals surface area contributed by atoms with E-state index in [4.69, 9.17) is 0 Å². The average molecular weight is 698 g/mol. The Morgan fingerprint density at radius 3 is 0.891 bits per heavy atom. The molecule has 0 N–H and O–H groups in total. The molecule has 0 bridgehead atoms. The zero-order valence-electron chi connectivity index (χ0n) is 29.7. The second-order valence-electron chi connectivity index (χ2n) is 14.9. The molecule has 3 aromatic heterocycles. The lowest BCUT2D eigenvalue weighted by molar-refractivity contribution is 1.16. The highest BCUT2D eigenvalue weighted by molar-refractivity contribution is 6.29. The Morgan fingerprint density at radius 2 is 0.509 bits per heavy atom. The highest BCUT2D eigenvalue weighted by Crippen LogP contribution is 2.46. The molecule has 0 saturated heterocycles. The van der Waals surface area contributed by atoms with Crippen molar-refractivity contribution in [2.75, 3.05) is 0 Å². The summed E-state index contributed by atoms with van der Waals surface area (Å²) in [6.07, 6.45) is 0. The van der Waals surface area contributed by atoms with Gasteiger partial charge in [0.2, 0.25) is 0 Å². The van der Waals surface area contributed by atoms with Crippen LogP contribution in [0.5, 0.6) is 0 Å². The monoisotopic (exact) mass is 697 g/mol. The van der Waals surface area contributed by atoms with Gasteiger partial charge in [0.25, 0.3) is 0 Å². The first-order valence-electron chi connectivity index (χ1n) is 19.0. The van der Waals surface area contributed by atoms with Crippen molar-refractivity contribution in [3.8, 4) is 17.1 Å². The molecule has 55 heavy (non-hydrogen) atoms. The third kappa shape index (κ3) is 3.74. The molecule has 10 aromatic carbocycles. The Hall–Kier alpha value is -7.36. The Bertz CT molecular complexity index is 3430. The Labute approximate surface area is 315 Å². The number of aromatic nitrogens is 3. The molecule has 0 spiro atoms. The van der Waals surface area contributed by atoms with Gasteiger partial charge in [-0.15, -0.1) is 0 Å². The van der Waals surface area contributed by atoms with Crippen LogP contribution in [0.15, 0.2) is 188 Å². The molecule has 0 aliphatic carbocycles. The van der Waals surface area contributed by atoms with E-state index in [9.17, 15) is 0 Å². The van der Waals surface area contributed by atoms with Crippen molar-refractivity contribution in [1.29, 1.82) is 0 Å². The number of rotatable bonds is 3. The van der Waals surface area contributed by atoms with Crippen molar-refractivity contribution in [3.05, 3.63) is 188 Å². The summed E-state index contributed by atoms with van der Waals surface area (Å²) in [5.41, 5.74) is 10.8. The second-order valence-corrected chi connectivity index (χ2v) is 14.9. The number of nitrogens with zero attached hydrogens (tertiary/aromatic N) is 3. The number of para-hydroxylation sites is 6. The summed E-state index contributed by atoms with van der Waals surface area (Å²) < 4.78 is 7.47. The van der Waals surface area contributed by atoms with Crippen LogP contribution in [0, 0.1) is 0 Å². The van der Waals surface area contributed by atoms with Crippen molar-refractivity contribution >= 4 is 97.7 Å². The Balaban J connectivity index is 1.25. The molecular formula is C52H31N3. The molecule has 3 nitrogen and oxygen atoms in total. The summed E-state index contributed by atoms with van der Waals surface area (Å²) in [5.74, 6) is 0. The van der Waals surface area contributed by atoms with Crippen molar-refractivity contribution in [1.82, 2.24) is 13.7 Å². The molecule has 0 atom stereocenters. The van der Waals surface area contributed by atoms with Crippen LogP contribution >= 0.6 is 0 Å². The zero-order valence-corrected chi connectivity index (χ0v) is 29.7. The topological polar surface area (TPSA) is 14.8 Å². The summed E-state index contributed by atoms with van der Waals surface area (Å²) in [5, 5.41) is 15.1. The van der Waals surface area contributed by atoms with E-state index in [1.165, 1.54) is 115 Å². The normalized spacial score (nSPS) is 12.4. The van der Waals surface area contributed by atoms with Gasteiger partial charge in [-0.2, -0.15) is 0 Å². The highest BCUT2D eigenvalue weighted by Gasteiger charge is 2.23. The third-order valence-electron chi connectivity index (χ3n) is 12.2. The first kappa shape index (κ1) is 29.1. The molecule has 13 rings (SSSR count). The lowest BCUT2D eigenvalue weighted by atomic mass is 9.91. The maximum absolute atomic E-state index is 2.50. The van der Waals surface area contributed by atoms with Gasteiger partial charge in [-0.25, -0.2) is 0 Å². The van der Waals surface area contributed by atoms with Crippen molar-refractivity contribution in [2.45, 2.75) is 0 Å². The van der Waals surface area contributed by atoms with Crippen LogP contribution in [0.3, 0.4) is 0 Å². The number of fused-ring (bicyclic) bond motifs is 9. The summed E-state index contributed by atoms with van der Waals surface area (Å²) >= 11 is 0. The fourth-order valence-corrected chi connectivity index (χ4v) is 9.96. The molecule has 0 aliphatic heterocycles. The predicted octanol–water partition coefficient (Wildman–Crippen LogP) is 13.9. The fraction of sp³-hybridized carbons (Fsp3) is 0. The van der Waals surface area contributed by atoms with E-state index in [2.05, 4.69) is 202 Å². The van der Waals surface area contributed by atoms with Crippen LogP contribution in [0.2, 0.25) is 0 Å². The van der Waals surface area contributed by atoms with Crippen LogP contribution < -0.4 is 0 Å². The average Bonchev–Trinajstić information content (AvgIpc) is 3.89. The molecule has 254 valence electrons. The van der Waals surface area contributed by atoms with Crippen molar-refractivity contribution in [2.24, 2.45) is 0 Å². The van der Waals surface area contributed by atoms with E-state index in [-0.39, 0.29) is 0 Å². The standard InChI is InChI=1S/C52H31N3/c1-7-19-42-33(13-1)34-14-2-8-20-43(34)53(42)48-30-26-32-25-27-40-49(54-44-21-9-3-15-35(44)36-16-4-10-22-45(36)54)31-50(41-29-28-39(48)51(32)52(40)41)55-46-23-11-5-17-37(46)38-18-6-12-24-47(38)55/h1-31H. The molecule has 0 unspecified atom stereocenters. The van der Waals surface area contributed by atoms with Gasteiger partial charge in [0.15, 0.2) is 0 Å². The van der Waals surface area contributed by atoms with E-state index in [0.29, 0.717) is 0 Å². The molecule has 0 fully saturated rings. The lowest BCUT2D eigenvalue weighted by Crippen LogP contribution is -2.03. The van der Waals surface area contributed by atoms with Gasteiger partial charge >= 0.3 is 0 Å². The quantitative estimate of drug-likeness (QED) is 0.163. The fourth-order valence-electron chi connectivity index (χ4n) is 9.96. The second kappa shape index (κ2) is 10.6. The summed E-state index contributed by atoms with van der Waals surface area (Å²) in [4.78, 5) is 0. The van der Waals surface area contributed by atoms with E-state index in [1.807, 2.05) is 0 Å². The van der Waals surface area contributed by atoms with E-state index >= 15 is 0 Å². The van der Waals surface area contributed by atoms with Crippen LogP contribution in [-0.2, 0) is 0 Å². The molecule has 0 amide bonds. The minimum atomic E-state index is 1.18. The molecule has 13 aromatic rings. The highest BCUT2D eigenvalue weighted by atomic mass is 15.0. The molecule has 3 heterocycles. The van der Waals surface area contributed by atoms with Gasteiger partial charge in [0.1, 0.15) is 0 Å².